The zero-order valence-corrected chi connectivity index (χ0v) is 15.0. The van der Waals surface area contributed by atoms with Crippen LogP contribution in [-0.4, -0.2) is 18.0 Å². The zero-order chi connectivity index (χ0) is 19.2. The first-order valence-electron chi connectivity index (χ1n) is 8.36. The maximum absolute atomic E-state index is 13.0. The molecule has 0 spiro atoms. The van der Waals surface area contributed by atoms with Gasteiger partial charge in [-0.2, -0.15) is 0 Å². The molecule has 27 heavy (non-hydrogen) atoms. The van der Waals surface area contributed by atoms with Crippen LogP contribution in [0, 0.1) is 12.7 Å². The van der Waals surface area contributed by atoms with Gasteiger partial charge in [0, 0.05) is 24.4 Å². The lowest BCUT2D eigenvalue weighted by atomic mass is 10.1. The Morgan fingerprint density at radius 3 is 2.63 bits per heavy atom. The number of methoxy groups -OCH3 is 1. The second-order valence-electron chi connectivity index (χ2n) is 5.93. The van der Waals surface area contributed by atoms with Crippen LogP contribution in [0.5, 0.6) is 17.4 Å². The predicted molar refractivity (Wildman–Crippen MR) is 99.6 cm³/mol. The van der Waals surface area contributed by atoms with Crippen molar-refractivity contribution in [3.63, 3.8) is 0 Å². The number of amides is 1. The first-order chi connectivity index (χ1) is 13.0. The number of hydrogen-bond acceptors (Lipinski definition) is 4. The number of nitrogens with one attached hydrogen (secondary N) is 1. The molecule has 0 radical (unpaired) electrons. The standard InChI is InChI=1S/C21H19FN2O3/c1-14-3-4-16(12-19(14)26-2)21(25)24-13-15-9-10-23-20(11-15)27-18-7-5-17(22)6-8-18/h3-12H,13H2,1-2H3,(H,24,25). The van der Waals surface area contributed by atoms with Crippen molar-refractivity contribution in [2.45, 2.75) is 13.5 Å². The lowest BCUT2D eigenvalue weighted by molar-refractivity contribution is 0.0950. The maximum Gasteiger partial charge on any atom is 0.251 e. The normalized spacial score (nSPS) is 10.3. The van der Waals surface area contributed by atoms with Crippen molar-refractivity contribution < 1.29 is 18.7 Å². The van der Waals surface area contributed by atoms with Crippen molar-refractivity contribution >= 4 is 5.91 Å². The molecule has 0 aliphatic rings. The van der Waals surface area contributed by atoms with E-state index in [1.54, 1.807) is 37.6 Å². The van der Waals surface area contributed by atoms with Gasteiger partial charge in [0.05, 0.1) is 7.11 Å². The molecule has 0 unspecified atom stereocenters. The fraction of sp³-hybridized carbons (Fsp3) is 0.143. The van der Waals surface area contributed by atoms with Crippen molar-refractivity contribution in [1.29, 1.82) is 0 Å². The molecule has 0 aliphatic carbocycles. The van der Waals surface area contributed by atoms with E-state index >= 15 is 0 Å². The molecule has 0 aliphatic heterocycles. The van der Waals surface area contributed by atoms with Gasteiger partial charge in [0.2, 0.25) is 5.88 Å². The Hall–Kier alpha value is -3.41. The highest BCUT2D eigenvalue weighted by Gasteiger charge is 2.09. The largest absolute Gasteiger partial charge is 0.496 e. The topological polar surface area (TPSA) is 60.5 Å². The zero-order valence-electron chi connectivity index (χ0n) is 15.0. The number of aromatic nitrogens is 1. The highest BCUT2D eigenvalue weighted by molar-refractivity contribution is 5.94. The second kappa shape index (κ2) is 8.31. The highest BCUT2D eigenvalue weighted by Crippen LogP contribution is 2.21. The molecule has 3 aromatic rings. The molecule has 1 heterocycles. The van der Waals surface area contributed by atoms with E-state index in [-0.39, 0.29) is 11.7 Å². The van der Waals surface area contributed by atoms with E-state index in [1.807, 2.05) is 13.0 Å². The fourth-order valence-corrected chi connectivity index (χ4v) is 2.49. The minimum Gasteiger partial charge on any atom is -0.496 e. The summed E-state index contributed by atoms with van der Waals surface area (Å²) in [6, 6.07) is 14.5. The second-order valence-corrected chi connectivity index (χ2v) is 5.93. The molecule has 1 aromatic heterocycles. The molecular formula is C21H19FN2O3. The molecule has 3 rings (SSSR count). The third-order valence-electron chi connectivity index (χ3n) is 3.96. The molecular weight excluding hydrogens is 347 g/mol. The fourth-order valence-electron chi connectivity index (χ4n) is 2.49. The highest BCUT2D eigenvalue weighted by atomic mass is 19.1. The smallest absolute Gasteiger partial charge is 0.251 e. The molecule has 1 N–H and O–H groups in total. The van der Waals surface area contributed by atoms with Crippen LogP contribution in [0.25, 0.3) is 0 Å². The van der Waals surface area contributed by atoms with Gasteiger partial charge in [-0.3, -0.25) is 4.79 Å². The minimum absolute atomic E-state index is 0.203. The summed E-state index contributed by atoms with van der Waals surface area (Å²) in [6.07, 6.45) is 1.59. The summed E-state index contributed by atoms with van der Waals surface area (Å²) < 4.78 is 23.8. The molecule has 0 atom stereocenters. The monoisotopic (exact) mass is 366 g/mol. The number of pyridine rings is 1. The van der Waals surface area contributed by atoms with Gasteiger partial charge in [-0.05, 0) is 60.5 Å². The quantitative estimate of drug-likeness (QED) is 0.708. The van der Waals surface area contributed by atoms with E-state index in [0.717, 1.165) is 11.1 Å². The summed E-state index contributed by atoms with van der Waals surface area (Å²) >= 11 is 0. The number of carbonyl (C=O) groups excluding carboxylic acids is 1. The van der Waals surface area contributed by atoms with Crippen molar-refractivity contribution in [2.75, 3.05) is 7.11 Å². The molecule has 5 nitrogen and oxygen atoms in total. The number of halogens is 1. The molecule has 6 heteroatoms. The number of hydrogen-bond donors (Lipinski definition) is 1. The van der Waals surface area contributed by atoms with Gasteiger partial charge in [-0.1, -0.05) is 6.07 Å². The Morgan fingerprint density at radius 2 is 1.89 bits per heavy atom. The lowest BCUT2D eigenvalue weighted by Gasteiger charge is -2.10. The Balaban J connectivity index is 1.64. The Bertz CT molecular complexity index is 942. The number of benzene rings is 2. The third kappa shape index (κ3) is 4.82. The SMILES string of the molecule is COc1cc(C(=O)NCc2ccnc(Oc3ccc(F)cc3)c2)ccc1C. The summed E-state index contributed by atoms with van der Waals surface area (Å²) in [5, 5.41) is 2.86. The Kier molecular flexibility index (Phi) is 5.66. The molecule has 0 fully saturated rings. The molecule has 1 amide bonds. The van der Waals surface area contributed by atoms with E-state index in [1.165, 1.54) is 24.3 Å². The molecule has 0 saturated heterocycles. The first-order valence-corrected chi connectivity index (χ1v) is 8.36. The third-order valence-corrected chi connectivity index (χ3v) is 3.96. The van der Waals surface area contributed by atoms with Gasteiger partial charge < -0.3 is 14.8 Å². The Labute approximate surface area is 156 Å². The van der Waals surface area contributed by atoms with Crippen molar-refractivity contribution in [3.8, 4) is 17.4 Å². The van der Waals surface area contributed by atoms with Crippen LogP contribution in [0.3, 0.4) is 0 Å². The van der Waals surface area contributed by atoms with E-state index in [0.29, 0.717) is 29.5 Å². The van der Waals surface area contributed by atoms with E-state index in [4.69, 9.17) is 9.47 Å². The van der Waals surface area contributed by atoms with Crippen LogP contribution < -0.4 is 14.8 Å². The van der Waals surface area contributed by atoms with Crippen LogP contribution in [0.15, 0.2) is 60.8 Å². The van der Waals surface area contributed by atoms with Crippen molar-refractivity contribution in [1.82, 2.24) is 10.3 Å². The number of ether oxygens (including phenoxy) is 2. The molecule has 2 aromatic carbocycles. The van der Waals surface area contributed by atoms with Crippen LogP contribution in [0.1, 0.15) is 21.5 Å². The minimum atomic E-state index is -0.334. The van der Waals surface area contributed by atoms with Gasteiger partial charge in [0.15, 0.2) is 0 Å². The average Bonchev–Trinajstić information content (AvgIpc) is 2.68. The van der Waals surface area contributed by atoms with Crippen LogP contribution in [0.4, 0.5) is 4.39 Å². The summed E-state index contributed by atoms with van der Waals surface area (Å²) in [5.74, 6) is 0.981. The number of aryl methyl sites for hydroxylation is 1. The van der Waals surface area contributed by atoms with Crippen LogP contribution in [0.2, 0.25) is 0 Å². The van der Waals surface area contributed by atoms with Crippen LogP contribution in [-0.2, 0) is 6.54 Å². The molecule has 0 bridgehead atoms. The van der Waals surface area contributed by atoms with Crippen LogP contribution >= 0.6 is 0 Å². The lowest BCUT2D eigenvalue weighted by Crippen LogP contribution is -2.22. The van der Waals surface area contributed by atoms with Crippen molar-refractivity contribution in [2.24, 2.45) is 0 Å². The maximum atomic E-state index is 13.0. The van der Waals surface area contributed by atoms with Gasteiger partial charge in [0.25, 0.3) is 5.91 Å². The first kappa shape index (κ1) is 18.4. The molecule has 138 valence electrons. The van der Waals surface area contributed by atoms with Gasteiger partial charge in [-0.25, -0.2) is 9.37 Å². The number of nitrogens with zero attached hydrogens (tertiary/aromatic N) is 1. The average molecular weight is 366 g/mol. The summed E-state index contributed by atoms with van der Waals surface area (Å²) in [4.78, 5) is 16.5. The number of rotatable bonds is 6. The van der Waals surface area contributed by atoms with E-state index in [9.17, 15) is 9.18 Å². The summed E-state index contributed by atoms with van der Waals surface area (Å²) in [6.45, 7) is 2.23. The van der Waals surface area contributed by atoms with Gasteiger partial charge in [0.1, 0.15) is 17.3 Å². The van der Waals surface area contributed by atoms with E-state index < -0.39 is 0 Å². The molecule has 0 saturated carbocycles. The summed E-state index contributed by atoms with van der Waals surface area (Å²) in [7, 11) is 1.57. The summed E-state index contributed by atoms with van der Waals surface area (Å²) in [5.41, 5.74) is 2.31. The van der Waals surface area contributed by atoms with Gasteiger partial charge in [-0.15, -0.1) is 0 Å². The predicted octanol–water partition coefficient (Wildman–Crippen LogP) is 4.26. The van der Waals surface area contributed by atoms with Gasteiger partial charge >= 0.3 is 0 Å². The van der Waals surface area contributed by atoms with E-state index in [2.05, 4.69) is 10.3 Å². The number of carbonyl (C=O) groups is 1. The van der Waals surface area contributed by atoms with Crippen molar-refractivity contribution in [3.05, 3.63) is 83.3 Å². The Morgan fingerprint density at radius 1 is 1.11 bits per heavy atom.